The van der Waals surface area contributed by atoms with Crippen LogP contribution in [0.2, 0.25) is 0 Å². The summed E-state index contributed by atoms with van der Waals surface area (Å²) in [6.45, 7) is 0. The first-order chi connectivity index (χ1) is 14.5. The molecule has 3 aromatic rings. The van der Waals surface area contributed by atoms with E-state index in [2.05, 4.69) is 5.32 Å². The van der Waals surface area contributed by atoms with Crippen molar-refractivity contribution in [3.8, 4) is 11.5 Å². The molecule has 0 bridgehead atoms. The van der Waals surface area contributed by atoms with Gasteiger partial charge in [0.1, 0.15) is 11.5 Å². The van der Waals surface area contributed by atoms with Crippen molar-refractivity contribution in [1.82, 2.24) is 0 Å². The van der Waals surface area contributed by atoms with Gasteiger partial charge in [0.15, 0.2) is 0 Å². The van der Waals surface area contributed by atoms with Crippen LogP contribution in [0.3, 0.4) is 0 Å². The van der Waals surface area contributed by atoms with E-state index in [0.29, 0.717) is 0 Å². The van der Waals surface area contributed by atoms with Crippen LogP contribution in [0.1, 0.15) is 33.8 Å². The van der Waals surface area contributed by atoms with Gasteiger partial charge < -0.3 is 19.9 Å². The minimum atomic E-state index is -1.09. The van der Waals surface area contributed by atoms with Crippen LogP contribution in [0.15, 0.2) is 72.8 Å². The summed E-state index contributed by atoms with van der Waals surface area (Å²) in [6, 6.07) is 21.4. The zero-order valence-electron chi connectivity index (χ0n) is 16.8. The van der Waals surface area contributed by atoms with Gasteiger partial charge in [-0.2, -0.15) is 0 Å². The molecular weight excluding hydrogens is 382 g/mol. The highest BCUT2D eigenvalue weighted by molar-refractivity contribution is 6.00. The molecular formula is C24H23NO5. The van der Waals surface area contributed by atoms with Gasteiger partial charge in [-0.1, -0.05) is 36.4 Å². The molecule has 0 fully saturated rings. The largest absolute Gasteiger partial charge is 0.497 e. The Hall–Kier alpha value is -3.80. The standard InChI is InChI=1S/C24H23NO5/c1-29-18-11-7-16(8-12-18)21(17-9-13-19(30-2)14-10-17)15-23(26)25-22-6-4-3-5-20(22)24(27)28/h3-14,21H,15H2,1-2H3,(H,25,26)(H,27,28). The number of ether oxygens (including phenoxy) is 2. The summed E-state index contributed by atoms with van der Waals surface area (Å²) in [4.78, 5) is 24.3. The number of amides is 1. The molecule has 0 aromatic heterocycles. The second kappa shape index (κ2) is 9.60. The number of nitrogens with one attached hydrogen (secondary N) is 1. The van der Waals surface area contributed by atoms with Crippen LogP contribution in [0.5, 0.6) is 11.5 Å². The molecule has 3 rings (SSSR count). The zero-order valence-corrected chi connectivity index (χ0v) is 16.8. The van der Waals surface area contributed by atoms with Crippen molar-refractivity contribution in [2.24, 2.45) is 0 Å². The van der Waals surface area contributed by atoms with E-state index in [1.165, 1.54) is 6.07 Å². The maximum absolute atomic E-state index is 12.8. The molecule has 154 valence electrons. The van der Waals surface area contributed by atoms with Gasteiger partial charge in [0.05, 0.1) is 25.5 Å². The van der Waals surface area contributed by atoms with Crippen molar-refractivity contribution in [2.45, 2.75) is 12.3 Å². The van der Waals surface area contributed by atoms with Crippen molar-refractivity contribution in [1.29, 1.82) is 0 Å². The Balaban J connectivity index is 1.88. The highest BCUT2D eigenvalue weighted by Crippen LogP contribution is 2.31. The first-order valence-electron chi connectivity index (χ1n) is 9.42. The van der Waals surface area contributed by atoms with Crippen LogP contribution in [-0.4, -0.2) is 31.2 Å². The van der Waals surface area contributed by atoms with E-state index >= 15 is 0 Å². The number of methoxy groups -OCH3 is 2. The second-order valence-electron chi connectivity index (χ2n) is 6.70. The normalized spacial score (nSPS) is 10.5. The number of anilines is 1. The number of rotatable bonds is 8. The molecule has 6 heteroatoms. The average molecular weight is 405 g/mol. The molecule has 0 atom stereocenters. The Morgan fingerprint density at radius 3 is 1.80 bits per heavy atom. The van der Waals surface area contributed by atoms with Crippen LogP contribution in [0.25, 0.3) is 0 Å². The molecule has 0 aliphatic carbocycles. The topological polar surface area (TPSA) is 84.9 Å². The van der Waals surface area contributed by atoms with Crippen LogP contribution < -0.4 is 14.8 Å². The molecule has 0 aliphatic heterocycles. The quantitative estimate of drug-likeness (QED) is 0.574. The first kappa shape index (κ1) is 20.9. The van der Waals surface area contributed by atoms with Crippen LogP contribution >= 0.6 is 0 Å². The van der Waals surface area contributed by atoms with Crippen molar-refractivity contribution in [2.75, 3.05) is 19.5 Å². The van der Waals surface area contributed by atoms with Gasteiger partial charge in [0, 0.05) is 12.3 Å². The van der Waals surface area contributed by atoms with Gasteiger partial charge in [0.25, 0.3) is 0 Å². The summed E-state index contributed by atoms with van der Waals surface area (Å²) in [5, 5.41) is 12.1. The van der Waals surface area contributed by atoms with Crippen molar-refractivity contribution < 1.29 is 24.2 Å². The Kier molecular flexibility index (Phi) is 6.70. The molecule has 2 N–H and O–H groups in total. The van der Waals surface area contributed by atoms with Crippen LogP contribution in [0.4, 0.5) is 5.69 Å². The molecule has 6 nitrogen and oxygen atoms in total. The number of carboxylic acid groups (broad SMARTS) is 1. The lowest BCUT2D eigenvalue weighted by Crippen LogP contribution is -2.18. The summed E-state index contributed by atoms with van der Waals surface area (Å²) >= 11 is 0. The lowest BCUT2D eigenvalue weighted by atomic mass is 9.88. The molecule has 3 aromatic carbocycles. The number of hydrogen-bond donors (Lipinski definition) is 2. The fourth-order valence-corrected chi connectivity index (χ4v) is 3.27. The minimum Gasteiger partial charge on any atom is -0.497 e. The van der Waals surface area contributed by atoms with Crippen molar-refractivity contribution >= 4 is 17.6 Å². The van der Waals surface area contributed by atoms with Gasteiger partial charge in [-0.05, 0) is 47.5 Å². The third-order valence-electron chi connectivity index (χ3n) is 4.86. The number of benzene rings is 3. The number of aromatic carboxylic acids is 1. The Morgan fingerprint density at radius 1 is 0.833 bits per heavy atom. The SMILES string of the molecule is COc1ccc(C(CC(=O)Nc2ccccc2C(=O)O)c2ccc(OC)cc2)cc1. The number of para-hydroxylation sites is 1. The molecule has 0 saturated heterocycles. The van der Waals surface area contributed by atoms with Crippen LogP contribution in [-0.2, 0) is 4.79 Å². The molecule has 0 spiro atoms. The molecule has 0 heterocycles. The monoisotopic (exact) mass is 405 g/mol. The number of carbonyl (C=O) groups excluding carboxylic acids is 1. The highest BCUT2D eigenvalue weighted by atomic mass is 16.5. The van der Waals surface area contributed by atoms with E-state index in [1.54, 1.807) is 32.4 Å². The van der Waals surface area contributed by atoms with Crippen molar-refractivity contribution in [3.63, 3.8) is 0 Å². The van der Waals surface area contributed by atoms with Crippen LogP contribution in [0, 0.1) is 0 Å². The maximum Gasteiger partial charge on any atom is 0.337 e. The van der Waals surface area contributed by atoms with Gasteiger partial charge in [-0.15, -0.1) is 0 Å². The van der Waals surface area contributed by atoms with E-state index < -0.39 is 5.97 Å². The smallest absolute Gasteiger partial charge is 0.337 e. The third kappa shape index (κ3) is 4.97. The third-order valence-corrected chi connectivity index (χ3v) is 4.86. The molecule has 0 unspecified atom stereocenters. The van der Waals surface area contributed by atoms with E-state index in [-0.39, 0.29) is 29.5 Å². The predicted molar refractivity (Wildman–Crippen MR) is 114 cm³/mol. The molecule has 0 saturated carbocycles. The molecule has 1 amide bonds. The second-order valence-corrected chi connectivity index (χ2v) is 6.70. The lowest BCUT2D eigenvalue weighted by molar-refractivity contribution is -0.116. The van der Waals surface area contributed by atoms with E-state index in [4.69, 9.17) is 9.47 Å². The molecule has 30 heavy (non-hydrogen) atoms. The highest BCUT2D eigenvalue weighted by Gasteiger charge is 2.20. The Labute approximate surface area is 175 Å². The van der Waals surface area contributed by atoms with Crippen molar-refractivity contribution in [3.05, 3.63) is 89.5 Å². The lowest BCUT2D eigenvalue weighted by Gasteiger charge is -2.19. The number of hydrogen-bond acceptors (Lipinski definition) is 4. The summed E-state index contributed by atoms with van der Waals surface area (Å²) in [7, 11) is 3.20. The Morgan fingerprint density at radius 2 is 1.33 bits per heavy atom. The van der Waals surface area contributed by atoms with Gasteiger partial charge in [-0.3, -0.25) is 4.79 Å². The number of carboxylic acids is 1. The Bertz CT molecular complexity index is 965. The maximum atomic E-state index is 12.8. The summed E-state index contributed by atoms with van der Waals surface area (Å²) in [5.41, 5.74) is 2.22. The summed E-state index contributed by atoms with van der Waals surface area (Å²) in [6.07, 6.45) is 0.145. The fraction of sp³-hybridized carbons (Fsp3) is 0.167. The first-order valence-corrected chi connectivity index (χ1v) is 9.42. The van der Waals surface area contributed by atoms with E-state index in [9.17, 15) is 14.7 Å². The predicted octanol–water partition coefficient (Wildman–Crippen LogP) is 4.56. The molecule has 0 aliphatic rings. The minimum absolute atomic E-state index is 0.0521. The molecule has 0 radical (unpaired) electrons. The summed E-state index contributed by atoms with van der Waals surface area (Å²) in [5.74, 6) is -0.133. The average Bonchev–Trinajstić information content (AvgIpc) is 2.78. The van der Waals surface area contributed by atoms with Gasteiger partial charge >= 0.3 is 5.97 Å². The van der Waals surface area contributed by atoms with E-state index in [1.807, 2.05) is 48.5 Å². The van der Waals surface area contributed by atoms with Gasteiger partial charge in [0.2, 0.25) is 5.91 Å². The number of carbonyl (C=O) groups is 2. The summed E-state index contributed by atoms with van der Waals surface area (Å²) < 4.78 is 10.5. The van der Waals surface area contributed by atoms with Gasteiger partial charge in [-0.25, -0.2) is 4.79 Å². The fourth-order valence-electron chi connectivity index (χ4n) is 3.27. The van der Waals surface area contributed by atoms with E-state index in [0.717, 1.165) is 22.6 Å². The zero-order chi connectivity index (χ0) is 21.5.